The van der Waals surface area contributed by atoms with Gasteiger partial charge in [0.2, 0.25) is 0 Å². The number of aryl methyl sites for hydroxylation is 1. The van der Waals surface area contributed by atoms with Gasteiger partial charge in [-0.15, -0.1) is 0 Å². The van der Waals surface area contributed by atoms with Crippen molar-refractivity contribution in [2.45, 2.75) is 160 Å². The van der Waals surface area contributed by atoms with Gasteiger partial charge in [-0.3, -0.25) is 38.4 Å². The number of carbonyl (C=O) groups excluding carboxylic acids is 10. The largest absolute Gasteiger partial charge is 0.465 e. The van der Waals surface area contributed by atoms with E-state index in [4.69, 9.17) is 37.9 Å². The number of nitrogens with zero attached hydrogens (tertiary/aromatic N) is 2. The summed E-state index contributed by atoms with van der Waals surface area (Å²) in [7, 11) is 0. The Morgan fingerprint density at radius 2 is 0.890 bits per heavy atom. The molecule has 1 heterocycles. The summed E-state index contributed by atoms with van der Waals surface area (Å²) in [6.07, 6.45) is 7.27. The second-order valence-electron chi connectivity index (χ2n) is 24.3. The van der Waals surface area contributed by atoms with Crippen LogP contribution in [0.2, 0.25) is 0 Å². The van der Waals surface area contributed by atoms with E-state index in [1.807, 2.05) is 39.8 Å². The summed E-state index contributed by atoms with van der Waals surface area (Å²) in [5, 5.41) is 19.6. The Morgan fingerprint density at radius 1 is 0.516 bits per heavy atom. The van der Waals surface area contributed by atoms with Gasteiger partial charge < -0.3 is 37.9 Å². The van der Waals surface area contributed by atoms with Crippen LogP contribution in [0.3, 0.4) is 0 Å². The Balaban J connectivity index is 0.906. The SMILES string of the molecule is C=CC(=O)OCC(C)(C)CCC(=O)CCC(=O)OCCc1ccc(OC(=O)C2CCC(C(=O)Oc3cc(C)c(OC(=O)C4CCC(C(=O)Oc5ccc(CCOC(=O)CCC(=O)CCC(C)(C)COC(=O)C=C)cc5)CC4)c4c3SC(=C(C#N)C#N)S4)CC2)cc1. The Bertz CT molecular complexity index is 3300. The fraction of sp³-hybridized carbons (Fsp3) is 0.478. The van der Waals surface area contributed by atoms with Gasteiger partial charge in [0.15, 0.2) is 0 Å². The van der Waals surface area contributed by atoms with E-state index in [0.717, 1.165) is 46.8 Å². The molecule has 6 rings (SSSR count). The summed E-state index contributed by atoms with van der Waals surface area (Å²) in [6.45, 7) is 16.5. The van der Waals surface area contributed by atoms with E-state index in [9.17, 15) is 58.5 Å². The monoisotopic (exact) mass is 1290 g/mol. The molecule has 20 nitrogen and oxygen atoms in total. The molecule has 0 atom stereocenters. The van der Waals surface area contributed by atoms with Crippen LogP contribution in [-0.2, 0) is 79.7 Å². The number of carbonyl (C=O) groups is 10. The molecular weight excluding hydrogens is 1210 g/mol. The minimum Gasteiger partial charge on any atom is -0.465 e. The summed E-state index contributed by atoms with van der Waals surface area (Å²) in [5.41, 5.74) is 1.15. The molecule has 91 heavy (non-hydrogen) atoms. The number of nitriles is 2. The second-order valence-corrected chi connectivity index (χ2v) is 26.6. The molecule has 0 amide bonds. The second kappa shape index (κ2) is 34.7. The number of allylic oxidation sites excluding steroid dienone is 1. The molecule has 0 spiro atoms. The zero-order chi connectivity index (χ0) is 66.3. The topological polar surface area (TPSA) is 292 Å². The van der Waals surface area contributed by atoms with Gasteiger partial charge in [-0.25, -0.2) is 9.59 Å². The molecule has 3 aromatic rings. The van der Waals surface area contributed by atoms with Crippen molar-refractivity contribution in [1.29, 1.82) is 10.5 Å². The standard InChI is InChI=1S/C69H78N2O18S2/c1-8-56(74)84-41-68(4,5)34-30-51(72)22-28-58(76)82-36-32-44-10-24-53(25-11-44)86-63(78)46-14-18-48(19-15-46)65(80)88-55-38-43(3)60(62-61(55)90-67(91-62)50(39-70)40-71)89-66(81)49-20-16-47(17-21-49)64(79)87-54-26-12-45(13-27-54)33-37-83-59(77)29-23-52(73)31-35-69(6,7)42-85-57(75)9-2/h8-13,24-27,38,46-49H,1-2,14-23,28-37,41-42H2,3-7H3. The molecule has 0 radical (unpaired) electrons. The third kappa shape index (κ3) is 23.1. The third-order valence-electron chi connectivity index (χ3n) is 15.9. The molecule has 1 aliphatic heterocycles. The molecule has 3 aliphatic rings. The van der Waals surface area contributed by atoms with Crippen LogP contribution in [0.15, 0.2) is 99.5 Å². The van der Waals surface area contributed by atoms with Gasteiger partial charge in [-0.1, -0.05) is 88.6 Å². The summed E-state index contributed by atoms with van der Waals surface area (Å²) in [4.78, 5) is 127. The molecule has 2 aliphatic carbocycles. The first-order chi connectivity index (χ1) is 43.4. The maximum absolute atomic E-state index is 13.8. The van der Waals surface area contributed by atoms with Crippen molar-refractivity contribution in [2.24, 2.45) is 34.5 Å². The molecule has 0 unspecified atom stereocenters. The van der Waals surface area contributed by atoms with E-state index in [1.165, 1.54) is 0 Å². The number of Topliss-reactive ketones (excluding diaryl/α,β-unsaturated/α-hetero) is 2. The highest BCUT2D eigenvalue weighted by Gasteiger charge is 2.38. The molecular formula is C69H78N2O18S2. The molecule has 2 fully saturated rings. The smallest absolute Gasteiger partial charge is 0.330 e. The van der Waals surface area contributed by atoms with Crippen molar-refractivity contribution in [3.05, 3.63) is 106 Å². The van der Waals surface area contributed by atoms with Crippen molar-refractivity contribution in [3.63, 3.8) is 0 Å². The van der Waals surface area contributed by atoms with Crippen LogP contribution in [0.25, 0.3) is 0 Å². The van der Waals surface area contributed by atoms with Crippen LogP contribution in [-0.4, -0.2) is 85.7 Å². The van der Waals surface area contributed by atoms with Gasteiger partial charge in [-0.05, 0) is 129 Å². The van der Waals surface area contributed by atoms with E-state index < -0.39 is 82.3 Å². The summed E-state index contributed by atoms with van der Waals surface area (Å²) in [6, 6.07) is 19.0. The number of benzene rings is 3. The third-order valence-corrected chi connectivity index (χ3v) is 18.5. The molecule has 0 aromatic heterocycles. The summed E-state index contributed by atoms with van der Waals surface area (Å²) < 4.78 is 44.7. The van der Waals surface area contributed by atoms with Gasteiger partial charge in [0.25, 0.3) is 0 Å². The van der Waals surface area contributed by atoms with Crippen LogP contribution in [0.1, 0.15) is 147 Å². The van der Waals surface area contributed by atoms with Crippen LogP contribution in [0.5, 0.6) is 23.0 Å². The Kier molecular flexibility index (Phi) is 27.4. The predicted octanol–water partition coefficient (Wildman–Crippen LogP) is 12.0. The number of hydrogen-bond donors (Lipinski definition) is 0. The lowest BCUT2D eigenvalue weighted by Gasteiger charge is -2.27. The zero-order valence-corrected chi connectivity index (χ0v) is 53.8. The number of thioether (sulfide) groups is 2. The Labute approximate surface area is 539 Å². The average Bonchev–Trinajstić information content (AvgIpc) is 1.78. The number of hydrogen-bond acceptors (Lipinski definition) is 22. The van der Waals surface area contributed by atoms with E-state index in [0.29, 0.717) is 108 Å². The van der Waals surface area contributed by atoms with Gasteiger partial charge >= 0.3 is 47.8 Å². The molecule has 22 heteroatoms. The van der Waals surface area contributed by atoms with Crippen LogP contribution >= 0.6 is 23.5 Å². The molecule has 2 saturated carbocycles. The number of rotatable bonds is 32. The van der Waals surface area contributed by atoms with Gasteiger partial charge in [0.1, 0.15) is 52.3 Å². The minimum absolute atomic E-state index is 0.0439. The van der Waals surface area contributed by atoms with Gasteiger partial charge in [0, 0.05) is 50.7 Å². The summed E-state index contributed by atoms with van der Waals surface area (Å²) >= 11 is 2.13. The van der Waals surface area contributed by atoms with E-state index in [1.54, 1.807) is 61.5 Å². The summed E-state index contributed by atoms with van der Waals surface area (Å²) in [5.74, 6) is -5.11. The Morgan fingerprint density at radius 3 is 1.27 bits per heavy atom. The lowest BCUT2D eigenvalue weighted by molar-refractivity contribution is -0.145. The zero-order valence-electron chi connectivity index (χ0n) is 52.2. The van der Waals surface area contributed by atoms with Crippen LogP contribution in [0, 0.1) is 64.1 Å². The number of ether oxygens (including phenoxy) is 8. The van der Waals surface area contributed by atoms with E-state index >= 15 is 0 Å². The van der Waals surface area contributed by atoms with Crippen molar-refractivity contribution in [1.82, 2.24) is 0 Å². The number of ketones is 2. The Hall–Kier alpha value is -8.34. The number of esters is 8. The van der Waals surface area contributed by atoms with Crippen LogP contribution < -0.4 is 18.9 Å². The van der Waals surface area contributed by atoms with E-state index in [-0.39, 0.29) is 93.6 Å². The molecule has 0 saturated heterocycles. The van der Waals surface area contributed by atoms with Crippen LogP contribution in [0.4, 0.5) is 0 Å². The highest BCUT2D eigenvalue weighted by atomic mass is 32.2. The maximum Gasteiger partial charge on any atom is 0.330 e. The number of fused-ring (bicyclic) bond motifs is 1. The lowest BCUT2D eigenvalue weighted by atomic mass is 9.82. The highest BCUT2D eigenvalue weighted by molar-refractivity contribution is 8.24. The van der Waals surface area contributed by atoms with Gasteiger partial charge in [0.05, 0.1) is 77.0 Å². The fourth-order valence-electron chi connectivity index (χ4n) is 10.1. The van der Waals surface area contributed by atoms with Gasteiger partial charge in [-0.2, -0.15) is 10.5 Å². The fourth-order valence-corrected chi connectivity index (χ4v) is 12.6. The van der Waals surface area contributed by atoms with E-state index in [2.05, 4.69) is 13.2 Å². The first-order valence-electron chi connectivity index (χ1n) is 30.4. The van der Waals surface area contributed by atoms with Crippen molar-refractivity contribution in [2.75, 3.05) is 26.4 Å². The normalized spacial score (nSPS) is 16.8. The first kappa shape index (κ1) is 71.7. The maximum atomic E-state index is 13.8. The van der Waals surface area contributed by atoms with Crippen molar-refractivity contribution in [3.8, 4) is 35.1 Å². The highest BCUT2D eigenvalue weighted by Crippen LogP contribution is 2.60. The molecule has 0 bridgehead atoms. The molecule has 484 valence electrons. The predicted molar refractivity (Wildman–Crippen MR) is 334 cm³/mol. The minimum atomic E-state index is -0.547. The average molecular weight is 1290 g/mol. The molecule has 0 N–H and O–H groups in total. The van der Waals surface area contributed by atoms with Crippen molar-refractivity contribution < 1.29 is 85.8 Å². The quantitative estimate of drug-likeness (QED) is 0.0184. The lowest BCUT2D eigenvalue weighted by Crippen LogP contribution is -2.31. The first-order valence-corrected chi connectivity index (χ1v) is 32.1. The van der Waals surface area contributed by atoms with Crippen molar-refractivity contribution >= 4 is 82.8 Å². The molecule has 3 aromatic carbocycles.